The molecule has 0 unspecified atom stereocenters. The van der Waals surface area contributed by atoms with Gasteiger partial charge in [0.05, 0.1) is 32.5 Å². The van der Waals surface area contributed by atoms with Crippen molar-refractivity contribution in [1.29, 1.82) is 0 Å². The molecule has 2 N–H and O–H groups in total. The highest BCUT2D eigenvalue weighted by molar-refractivity contribution is 6.55. The number of carbonyl (C=O) groups is 4. The van der Waals surface area contributed by atoms with Gasteiger partial charge in [0.1, 0.15) is 0 Å². The minimum atomic E-state index is -0.667. The van der Waals surface area contributed by atoms with E-state index < -0.39 is 23.4 Å². The smallest absolute Gasteiger partial charge is 0.296 e. The molecular formula is C16H6Cl4N2O4. The quantitative estimate of drug-likeness (QED) is 0.609. The van der Waals surface area contributed by atoms with Gasteiger partial charge in [-0.25, -0.2) is 0 Å². The lowest BCUT2D eigenvalue weighted by molar-refractivity contribution is -0.112. The molecule has 0 bridgehead atoms. The Balaban J connectivity index is 0.000000151. The van der Waals surface area contributed by atoms with Gasteiger partial charge in [0.15, 0.2) is 0 Å². The van der Waals surface area contributed by atoms with Crippen molar-refractivity contribution in [3.05, 3.63) is 55.5 Å². The first kappa shape index (κ1) is 18.7. The van der Waals surface area contributed by atoms with Crippen LogP contribution in [-0.2, 0) is 9.59 Å². The SMILES string of the molecule is O=C1Nc2c(Cl)cc(Cl)cc2C1=O.O=C1Nc2c(Cl)cc(Cl)cc2C1=O. The van der Waals surface area contributed by atoms with Gasteiger partial charge in [-0.2, -0.15) is 0 Å². The zero-order valence-corrected chi connectivity index (χ0v) is 15.5. The Hall–Kier alpha value is -2.12. The molecule has 132 valence electrons. The van der Waals surface area contributed by atoms with Gasteiger partial charge in [0, 0.05) is 10.0 Å². The third-order valence-corrected chi connectivity index (χ3v) is 4.52. The maximum Gasteiger partial charge on any atom is 0.296 e. The zero-order chi connectivity index (χ0) is 19.2. The number of anilines is 2. The molecule has 0 aliphatic carbocycles. The molecule has 0 aromatic heterocycles. The van der Waals surface area contributed by atoms with Crippen LogP contribution in [0.25, 0.3) is 0 Å². The monoisotopic (exact) mass is 430 g/mol. The van der Waals surface area contributed by atoms with Gasteiger partial charge in [-0.05, 0) is 24.3 Å². The second kappa shape index (κ2) is 6.89. The molecule has 2 aromatic rings. The van der Waals surface area contributed by atoms with Crippen LogP contribution in [0.15, 0.2) is 24.3 Å². The van der Waals surface area contributed by atoms with Crippen LogP contribution >= 0.6 is 46.4 Å². The van der Waals surface area contributed by atoms with Crippen LogP contribution in [0.3, 0.4) is 0 Å². The molecule has 6 nitrogen and oxygen atoms in total. The van der Waals surface area contributed by atoms with Crippen molar-refractivity contribution in [3.63, 3.8) is 0 Å². The lowest BCUT2D eigenvalue weighted by Crippen LogP contribution is -2.12. The van der Waals surface area contributed by atoms with E-state index in [1.54, 1.807) is 0 Å². The molecule has 0 spiro atoms. The molecule has 0 radical (unpaired) electrons. The highest BCUT2D eigenvalue weighted by Gasteiger charge is 2.30. The molecule has 26 heavy (non-hydrogen) atoms. The highest BCUT2D eigenvalue weighted by atomic mass is 35.5. The summed E-state index contributed by atoms with van der Waals surface area (Å²) in [5.74, 6) is -2.53. The summed E-state index contributed by atoms with van der Waals surface area (Å²) in [5.41, 5.74) is 1.17. The van der Waals surface area contributed by atoms with E-state index >= 15 is 0 Å². The Morgan fingerprint density at radius 2 is 0.923 bits per heavy atom. The maximum absolute atomic E-state index is 11.2. The molecule has 0 atom stereocenters. The molecule has 2 aromatic carbocycles. The van der Waals surface area contributed by atoms with Crippen molar-refractivity contribution in [2.45, 2.75) is 0 Å². The number of carbonyl (C=O) groups excluding carboxylic acids is 4. The number of benzene rings is 2. The van der Waals surface area contributed by atoms with Gasteiger partial charge in [-0.15, -0.1) is 0 Å². The Morgan fingerprint density at radius 1 is 0.577 bits per heavy atom. The number of amides is 2. The van der Waals surface area contributed by atoms with E-state index in [-0.39, 0.29) is 21.2 Å². The molecule has 0 saturated heterocycles. The number of hydrogen-bond donors (Lipinski definition) is 2. The van der Waals surface area contributed by atoms with Crippen molar-refractivity contribution >= 4 is 81.2 Å². The van der Waals surface area contributed by atoms with Crippen LogP contribution in [0.5, 0.6) is 0 Å². The van der Waals surface area contributed by atoms with E-state index in [9.17, 15) is 19.2 Å². The zero-order valence-electron chi connectivity index (χ0n) is 12.5. The Kier molecular flexibility index (Phi) is 4.94. The average Bonchev–Trinajstić information content (AvgIpc) is 3.00. The number of Topliss-reactive ketones (excluding diaryl/α,β-unsaturated/α-hetero) is 2. The van der Waals surface area contributed by atoms with E-state index in [0.29, 0.717) is 21.4 Å². The summed E-state index contributed by atoms with van der Waals surface area (Å²) < 4.78 is 0. The first-order valence-electron chi connectivity index (χ1n) is 6.88. The molecule has 2 amide bonds. The van der Waals surface area contributed by atoms with E-state index in [0.717, 1.165) is 0 Å². The maximum atomic E-state index is 11.2. The predicted octanol–water partition coefficient (Wildman–Crippen LogP) is 4.26. The summed E-state index contributed by atoms with van der Waals surface area (Å²) in [4.78, 5) is 44.2. The molecule has 4 rings (SSSR count). The molecule has 2 aliphatic heterocycles. The van der Waals surface area contributed by atoms with Crippen LogP contribution in [0.1, 0.15) is 20.7 Å². The molecular weight excluding hydrogens is 426 g/mol. The fourth-order valence-corrected chi connectivity index (χ4v) is 3.43. The number of fused-ring (bicyclic) bond motifs is 2. The van der Waals surface area contributed by atoms with E-state index in [1.165, 1.54) is 24.3 Å². The van der Waals surface area contributed by atoms with Crippen LogP contribution in [0.2, 0.25) is 20.1 Å². The molecule has 10 heteroatoms. The number of hydrogen-bond acceptors (Lipinski definition) is 4. The second-order valence-corrected chi connectivity index (χ2v) is 6.87. The lowest BCUT2D eigenvalue weighted by atomic mass is 10.1. The van der Waals surface area contributed by atoms with Gasteiger partial charge in [-0.3, -0.25) is 19.2 Å². The third kappa shape index (κ3) is 3.29. The van der Waals surface area contributed by atoms with Crippen molar-refractivity contribution in [2.24, 2.45) is 0 Å². The van der Waals surface area contributed by atoms with Gasteiger partial charge in [-0.1, -0.05) is 46.4 Å². The first-order chi connectivity index (χ1) is 12.2. The van der Waals surface area contributed by atoms with Gasteiger partial charge >= 0.3 is 0 Å². The van der Waals surface area contributed by atoms with Gasteiger partial charge in [0.25, 0.3) is 23.4 Å². The third-order valence-electron chi connectivity index (χ3n) is 3.49. The highest BCUT2D eigenvalue weighted by Crippen LogP contribution is 2.34. The minimum Gasteiger partial charge on any atom is -0.317 e. The fraction of sp³-hybridized carbons (Fsp3) is 0. The predicted molar refractivity (Wildman–Crippen MR) is 98.8 cm³/mol. The van der Waals surface area contributed by atoms with Crippen molar-refractivity contribution in [3.8, 4) is 0 Å². The number of halogens is 4. The molecule has 0 fully saturated rings. The standard InChI is InChI=1S/2C8H3Cl2NO2/c2*9-3-1-4-6(5(10)2-3)11-8(13)7(4)12/h2*1-2H,(H,11,12,13). The van der Waals surface area contributed by atoms with Crippen molar-refractivity contribution < 1.29 is 19.2 Å². The number of ketones is 2. The Bertz CT molecular complexity index is 938. The minimum absolute atomic E-state index is 0.238. The fourth-order valence-electron chi connectivity index (χ4n) is 2.34. The first-order valence-corrected chi connectivity index (χ1v) is 8.39. The van der Waals surface area contributed by atoms with Crippen molar-refractivity contribution in [2.75, 3.05) is 10.6 Å². The summed E-state index contributed by atoms with van der Waals surface area (Å²) in [7, 11) is 0. The van der Waals surface area contributed by atoms with Gasteiger partial charge in [0.2, 0.25) is 0 Å². The average molecular weight is 432 g/mol. The summed E-state index contributed by atoms with van der Waals surface area (Å²) in [5, 5.41) is 5.97. The van der Waals surface area contributed by atoms with E-state index in [2.05, 4.69) is 10.6 Å². The lowest BCUT2D eigenvalue weighted by Gasteiger charge is -1.99. The van der Waals surface area contributed by atoms with Crippen LogP contribution in [-0.4, -0.2) is 23.4 Å². The largest absolute Gasteiger partial charge is 0.317 e. The molecule has 0 saturated carbocycles. The van der Waals surface area contributed by atoms with E-state index in [1.807, 2.05) is 0 Å². The van der Waals surface area contributed by atoms with Crippen LogP contribution in [0, 0.1) is 0 Å². The van der Waals surface area contributed by atoms with E-state index in [4.69, 9.17) is 46.4 Å². The summed E-state index contributed by atoms with van der Waals surface area (Å²) >= 11 is 22.8. The van der Waals surface area contributed by atoms with Crippen LogP contribution in [0.4, 0.5) is 11.4 Å². The van der Waals surface area contributed by atoms with Gasteiger partial charge < -0.3 is 10.6 Å². The van der Waals surface area contributed by atoms with Crippen molar-refractivity contribution in [1.82, 2.24) is 0 Å². The second-order valence-electron chi connectivity index (χ2n) is 5.19. The summed E-state index contributed by atoms with van der Waals surface area (Å²) in [6.45, 7) is 0. The summed E-state index contributed by atoms with van der Waals surface area (Å²) in [6, 6.07) is 5.79. The number of rotatable bonds is 0. The summed E-state index contributed by atoms with van der Waals surface area (Å²) in [6.07, 6.45) is 0. The Labute approximate surface area is 166 Å². The number of nitrogens with one attached hydrogen (secondary N) is 2. The topological polar surface area (TPSA) is 92.3 Å². The normalized spacial score (nSPS) is 14.3. The van der Waals surface area contributed by atoms with Crippen LogP contribution < -0.4 is 10.6 Å². The molecule has 2 aliphatic rings. The Morgan fingerprint density at radius 3 is 1.27 bits per heavy atom. The molecule has 2 heterocycles.